The van der Waals surface area contributed by atoms with Gasteiger partial charge in [-0.1, -0.05) is 13.3 Å². The van der Waals surface area contributed by atoms with Crippen LogP contribution in [0, 0.1) is 5.92 Å². The molecule has 3 atom stereocenters. The molecule has 2 aliphatic rings. The number of hydrogen-bond acceptors (Lipinski definition) is 3. The molecule has 4 heteroatoms. The number of piperidine rings is 1. The zero-order valence-corrected chi connectivity index (χ0v) is 12.9. The summed E-state index contributed by atoms with van der Waals surface area (Å²) < 4.78 is 5.81. The zero-order valence-electron chi connectivity index (χ0n) is 12.9. The SMILES string of the molecule is CCCOC1CCCN(C(=O)CC2CCCC(N)C2)C1. The van der Waals surface area contributed by atoms with Crippen LogP contribution in [0.15, 0.2) is 0 Å². The first-order valence-corrected chi connectivity index (χ1v) is 8.34. The van der Waals surface area contributed by atoms with Crippen molar-refractivity contribution in [3.63, 3.8) is 0 Å². The van der Waals surface area contributed by atoms with Gasteiger partial charge in [0.15, 0.2) is 0 Å². The van der Waals surface area contributed by atoms with Gasteiger partial charge in [0.2, 0.25) is 5.91 Å². The Morgan fingerprint density at radius 1 is 1.30 bits per heavy atom. The van der Waals surface area contributed by atoms with Gasteiger partial charge in [-0.2, -0.15) is 0 Å². The fraction of sp³-hybridized carbons (Fsp3) is 0.938. The molecule has 0 bridgehead atoms. The van der Waals surface area contributed by atoms with E-state index in [1.165, 1.54) is 12.8 Å². The monoisotopic (exact) mass is 282 g/mol. The summed E-state index contributed by atoms with van der Waals surface area (Å²) in [7, 11) is 0. The van der Waals surface area contributed by atoms with Crippen LogP contribution < -0.4 is 5.73 Å². The second kappa shape index (κ2) is 7.99. The molecule has 2 N–H and O–H groups in total. The Balaban J connectivity index is 1.76. The van der Waals surface area contributed by atoms with E-state index in [2.05, 4.69) is 6.92 Å². The number of rotatable bonds is 5. The lowest BCUT2D eigenvalue weighted by Crippen LogP contribution is -2.44. The molecule has 0 aromatic rings. The number of ether oxygens (including phenoxy) is 1. The lowest BCUT2D eigenvalue weighted by atomic mass is 9.84. The quantitative estimate of drug-likeness (QED) is 0.842. The second-order valence-electron chi connectivity index (χ2n) is 6.47. The van der Waals surface area contributed by atoms with Crippen molar-refractivity contribution in [2.45, 2.75) is 70.4 Å². The Morgan fingerprint density at radius 3 is 2.90 bits per heavy atom. The molecule has 116 valence electrons. The summed E-state index contributed by atoms with van der Waals surface area (Å²) in [6, 6.07) is 0.309. The highest BCUT2D eigenvalue weighted by molar-refractivity contribution is 5.76. The van der Waals surface area contributed by atoms with E-state index in [0.29, 0.717) is 24.3 Å². The minimum atomic E-state index is 0.251. The van der Waals surface area contributed by atoms with Crippen LogP contribution in [0.25, 0.3) is 0 Å². The van der Waals surface area contributed by atoms with Crippen LogP contribution in [0.3, 0.4) is 0 Å². The van der Waals surface area contributed by atoms with Crippen LogP contribution in [0.1, 0.15) is 58.3 Å². The molecule has 1 heterocycles. The minimum absolute atomic E-state index is 0.251. The van der Waals surface area contributed by atoms with E-state index in [0.717, 1.165) is 51.8 Å². The van der Waals surface area contributed by atoms with Gasteiger partial charge in [-0.25, -0.2) is 0 Å². The average molecular weight is 282 g/mol. The van der Waals surface area contributed by atoms with Crippen molar-refractivity contribution in [2.24, 2.45) is 11.7 Å². The topological polar surface area (TPSA) is 55.6 Å². The molecule has 20 heavy (non-hydrogen) atoms. The third-order valence-corrected chi connectivity index (χ3v) is 4.58. The third-order valence-electron chi connectivity index (χ3n) is 4.58. The molecule has 1 saturated carbocycles. The van der Waals surface area contributed by atoms with Crippen LogP contribution in [0.5, 0.6) is 0 Å². The van der Waals surface area contributed by atoms with E-state index >= 15 is 0 Å². The highest BCUT2D eigenvalue weighted by Gasteiger charge is 2.27. The number of nitrogens with zero attached hydrogens (tertiary/aromatic N) is 1. The van der Waals surface area contributed by atoms with Crippen molar-refractivity contribution in [3.05, 3.63) is 0 Å². The van der Waals surface area contributed by atoms with Crippen molar-refractivity contribution < 1.29 is 9.53 Å². The van der Waals surface area contributed by atoms with Gasteiger partial charge in [-0.3, -0.25) is 4.79 Å². The maximum absolute atomic E-state index is 12.4. The van der Waals surface area contributed by atoms with Crippen LogP contribution in [-0.2, 0) is 9.53 Å². The normalized spacial score (nSPS) is 31.3. The number of carbonyl (C=O) groups is 1. The molecule has 4 nitrogen and oxygen atoms in total. The van der Waals surface area contributed by atoms with Crippen molar-refractivity contribution in [2.75, 3.05) is 19.7 Å². The van der Waals surface area contributed by atoms with Crippen LogP contribution in [0.4, 0.5) is 0 Å². The predicted molar refractivity (Wildman–Crippen MR) is 80.4 cm³/mol. The van der Waals surface area contributed by atoms with Gasteiger partial charge in [0.1, 0.15) is 0 Å². The molecule has 2 fully saturated rings. The fourth-order valence-corrected chi connectivity index (χ4v) is 3.48. The van der Waals surface area contributed by atoms with Gasteiger partial charge in [0, 0.05) is 32.2 Å². The Morgan fingerprint density at radius 2 is 2.15 bits per heavy atom. The number of amides is 1. The number of likely N-dealkylation sites (tertiary alicyclic amines) is 1. The summed E-state index contributed by atoms with van der Waals surface area (Å²) in [4.78, 5) is 14.4. The zero-order chi connectivity index (χ0) is 14.4. The van der Waals surface area contributed by atoms with Gasteiger partial charge >= 0.3 is 0 Å². The first kappa shape index (κ1) is 15.8. The molecule has 1 aliphatic carbocycles. The van der Waals surface area contributed by atoms with Crippen molar-refractivity contribution in [3.8, 4) is 0 Å². The summed E-state index contributed by atoms with van der Waals surface area (Å²) in [5.41, 5.74) is 6.01. The third kappa shape index (κ3) is 4.74. The molecule has 1 amide bonds. The average Bonchev–Trinajstić information content (AvgIpc) is 2.45. The van der Waals surface area contributed by atoms with Gasteiger partial charge in [-0.05, 0) is 44.4 Å². The highest BCUT2D eigenvalue weighted by atomic mass is 16.5. The first-order valence-electron chi connectivity index (χ1n) is 8.34. The Hall–Kier alpha value is -0.610. The Labute approximate surface area is 123 Å². The molecule has 1 aliphatic heterocycles. The van der Waals surface area contributed by atoms with Crippen LogP contribution in [0.2, 0.25) is 0 Å². The largest absolute Gasteiger partial charge is 0.376 e. The van der Waals surface area contributed by atoms with Crippen molar-refractivity contribution in [1.29, 1.82) is 0 Å². The molecule has 0 radical (unpaired) electrons. The number of carbonyl (C=O) groups excluding carboxylic acids is 1. The van der Waals surface area contributed by atoms with E-state index in [1.54, 1.807) is 0 Å². The second-order valence-corrected chi connectivity index (χ2v) is 6.47. The predicted octanol–water partition coefficient (Wildman–Crippen LogP) is 2.31. The highest BCUT2D eigenvalue weighted by Crippen LogP contribution is 2.27. The molecule has 2 rings (SSSR count). The van der Waals surface area contributed by atoms with Crippen molar-refractivity contribution >= 4 is 5.91 Å². The van der Waals surface area contributed by atoms with E-state index in [4.69, 9.17) is 10.5 Å². The van der Waals surface area contributed by atoms with E-state index < -0.39 is 0 Å². The Kier molecular flexibility index (Phi) is 6.30. The maximum atomic E-state index is 12.4. The van der Waals surface area contributed by atoms with Crippen LogP contribution >= 0.6 is 0 Å². The molecule has 0 spiro atoms. The van der Waals surface area contributed by atoms with Crippen molar-refractivity contribution in [1.82, 2.24) is 4.90 Å². The molecule has 1 saturated heterocycles. The Bertz CT molecular complexity index is 309. The summed E-state index contributed by atoms with van der Waals surface area (Å²) in [6.07, 6.45) is 8.66. The smallest absolute Gasteiger partial charge is 0.222 e. The van der Waals surface area contributed by atoms with E-state index in [-0.39, 0.29) is 6.10 Å². The van der Waals surface area contributed by atoms with Gasteiger partial charge in [0.05, 0.1) is 6.10 Å². The first-order chi connectivity index (χ1) is 9.69. The lowest BCUT2D eigenvalue weighted by Gasteiger charge is -2.34. The van der Waals surface area contributed by atoms with Gasteiger partial charge in [-0.15, -0.1) is 0 Å². The number of nitrogens with two attached hydrogens (primary N) is 1. The van der Waals surface area contributed by atoms with E-state index in [1.807, 2.05) is 4.90 Å². The maximum Gasteiger partial charge on any atom is 0.222 e. The number of hydrogen-bond donors (Lipinski definition) is 1. The molecule has 0 aromatic carbocycles. The molecule has 3 unspecified atom stereocenters. The summed E-state index contributed by atoms with van der Waals surface area (Å²) >= 11 is 0. The molecular formula is C16H30N2O2. The summed E-state index contributed by atoms with van der Waals surface area (Å²) in [6.45, 7) is 4.63. The minimum Gasteiger partial charge on any atom is -0.376 e. The molecule has 0 aromatic heterocycles. The van der Waals surface area contributed by atoms with Crippen LogP contribution in [-0.4, -0.2) is 42.6 Å². The molecular weight excluding hydrogens is 252 g/mol. The summed E-state index contributed by atoms with van der Waals surface area (Å²) in [5.74, 6) is 0.817. The van der Waals surface area contributed by atoms with Gasteiger partial charge < -0.3 is 15.4 Å². The summed E-state index contributed by atoms with van der Waals surface area (Å²) in [5, 5.41) is 0. The standard InChI is InChI=1S/C16H30N2O2/c1-2-9-20-15-7-4-8-18(12-15)16(19)11-13-5-3-6-14(17)10-13/h13-15H,2-12,17H2,1H3. The fourth-order valence-electron chi connectivity index (χ4n) is 3.48. The lowest BCUT2D eigenvalue weighted by molar-refractivity contribution is -0.136. The van der Waals surface area contributed by atoms with E-state index in [9.17, 15) is 4.79 Å². The van der Waals surface area contributed by atoms with Gasteiger partial charge in [0.25, 0.3) is 0 Å².